The number of hydrogen-bond acceptors (Lipinski definition) is 3. The fourth-order valence-corrected chi connectivity index (χ4v) is 4.14. The van der Waals surface area contributed by atoms with Crippen LogP contribution in [0, 0.1) is 10.1 Å². The third kappa shape index (κ3) is 3.21. The lowest BCUT2D eigenvalue weighted by molar-refractivity contribution is -0.384. The minimum Gasteiger partial charge on any atom is -0.269 e. The number of nitro groups is 1. The van der Waals surface area contributed by atoms with Gasteiger partial charge in [0.15, 0.2) is 0 Å². The van der Waals surface area contributed by atoms with Gasteiger partial charge in [-0.2, -0.15) is 0 Å². The molecule has 3 aromatic carbocycles. The van der Waals surface area contributed by atoms with Crippen molar-refractivity contribution in [2.24, 2.45) is 0 Å². The fraction of sp³-hybridized carbons (Fsp3) is 0.143. The number of rotatable bonds is 4. The molecule has 1 aliphatic heterocycles. The van der Waals surface area contributed by atoms with Crippen LogP contribution in [0.2, 0.25) is 5.02 Å². The number of halogens is 2. The molecule has 0 amide bonds. The van der Waals surface area contributed by atoms with Gasteiger partial charge in [0.05, 0.1) is 4.92 Å². The predicted octanol–water partition coefficient (Wildman–Crippen LogP) is 5.70. The number of benzene rings is 3. The summed E-state index contributed by atoms with van der Waals surface area (Å²) in [5.41, 5.74) is 4.21. The number of non-ortho nitro benzene ring substituents is 1. The highest BCUT2D eigenvalue weighted by atomic mass is 35.5. The van der Waals surface area contributed by atoms with Crippen LogP contribution in [0.25, 0.3) is 0 Å². The van der Waals surface area contributed by atoms with Gasteiger partial charge in [-0.3, -0.25) is 15.0 Å². The Morgan fingerprint density at radius 1 is 1.00 bits per heavy atom. The first kappa shape index (κ1) is 18.0. The Labute approximate surface area is 167 Å². The molecule has 3 aromatic rings. The summed E-state index contributed by atoms with van der Waals surface area (Å²) in [5, 5.41) is 11.5. The molecule has 0 aromatic heterocycles. The maximum atomic E-state index is 10.9. The lowest BCUT2D eigenvalue weighted by Gasteiger charge is -2.34. The molecule has 1 unspecified atom stereocenters. The molecule has 4 rings (SSSR count). The molecule has 4 nitrogen and oxygen atoms in total. The molecule has 0 saturated carbocycles. The van der Waals surface area contributed by atoms with Gasteiger partial charge in [0.1, 0.15) is 5.00 Å². The average Bonchev–Trinajstić information content (AvgIpc) is 2.96. The molecule has 0 bridgehead atoms. The van der Waals surface area contributed by atoms with Crippen LogP contribution in [-0.4, -0.2) is 9.82 Å². The molecular weight excluding hydrogens is 383 g/mol. The SMILES string of the molecule is O=[N+]([O-])c1ccc(CN2Cc3ccccc3C2(Cl)c2ccc(Cl)cc2)cc1. The molecule has 0 radical (unpaired) electrons. The van der Waals surface area contributed by atoms with Crippen molar-refractivity contribution < 1.29 is 4.92 Å². The summed E-state index contributed by atoms with van der Waals surface area (Å²) in [6.07, 6.45) is 0. The van der Waals surface area contributed by atoms with Gasteiger partial charge in [-0.15, -0.1) is 0 Å². The molecule has 1 atom stereocenters. The Hall–Kier alpha value is -2.40. The van der Waals surface area contributed by atoms with E-state index in [-0.39, 0.29) is 5.69 Å². The topological polar surface area (TPSA) is 46.4 Å². The molecule has 0 N–H and O–H groups in total. The monoisotopic (exact) mass is 398 g/mol. The largest absolute Gasteiger partial charge is 0.269 e. The van der Waals surface area contributed by atoms with E-state index in [1.807, 2.05) is 42.5 Å². The highest BCUT2D eigenvalue weighted by Crippen LogP contribution is 2.48. The van der Waals surface area contributed by atoms with Crippen molar-refractivity contribution in [3.63, 3.8) is 0 Å². The summed E-state index contributed by atoms with van der Waals surface area (Å²) in [5.74, 6) is 0. The first-order valence-electron chi connectivity index (χ1n) is 8.50. The Kier molecular flexibility index (Phi) is 4.64. The molecular formula is C21H16Cl2N2O2. The second-order valence-corrected chi connectivity index (χ2v) is 7.55. The molecule has 6 heteroatoms. The van der Waals surface area contributed by atoms with Gasteiger partial charge in [0.2, 0.25) is 0 Å². The highest BCUT2D eigenvalue weighted by molar-refractivity contribution is 6.30. The van der Waals surface area contributed by atoms with Crippen LogP contribution >= 0.6 is 23.2 Å². The van der Waals surface area contributed by atoms with E-state index in [1.165, 1.54) is 17.7 Å². The second-order valence-electron chi connectivity index (χ2n) is 6.57. The van der Waals surface area contributed by atoms with Crippen LogP contribution < -0.4 is 0 Å². The number of fused-ring (bicyclic) bond motifs is 1. The zero-order chi connectivity index (χ0) is 19.0. The Morgan fingerprint density at radius 3 is 2.33 bits per heavy atom. The Bertz CT molecular complexity index is 990. The van der Waals surface area contributed by atoms with E-state index in [4.69, 9.17) is 23.2 Å². The van der Waals surface area contributed by atoms with Crippen LogP contribution in [0.15, 0.2) is 72.8 Å². The van der Waals surface area contributed by atoms with Crippen molar-refractivity contribution >= 4 is 28.9 Å². The van der Waals surface area contributed by atoms with Crippen molar-refractivity contribution in [3.05, 3.63) is 110 Å². The van der Waals surface area contributed by atoms with Gasteiger partial charge in [-0.05, 0) is 34.4 Å². The lowest BCUT2D eigenvalue weighted by atomic mass is 9.97. The van der Waals surface area contributed by atoms with E-state index in [0.29, 0.717) is 18.1 Å². The smallest absolute Gasteiger partial charge is 0.269 e. The van der Waals surface area contributed by atoms with Crippen molar-refractivity contribution in [2.75, 3.05) is 0 Å². The number of alkyl halides is 1. The number of nitro benzene ring substituents is 1. The van der Waals surface area contributed by atoms with Gasteiger partial charge < -0.3 is 0 Å². The summed E-state index contributed by atoms with van der Waals surface area (Å²) in [6, 6.07) is 22.3. The van der Waals surface area contributed by atoms with E-state index in [0.717, 1.165) is 16.7 Å². The summed E-state index contributed by atoms with van der Waals surface area (Å²) >= 11 is 13.3. The zero-order valence-corrected chi connectivity index (χ0v) is 15.8. The molecule has 0 saturated heterocycles. The summed E-state index contributed by atoms with van der Waals surface area (Å²) in [7, 11) is 0. The summed E-state index contributed by atoms with van der Waals surface area (Å²) < 4.78 is 0. The van der Waals surface area contributed by atoms with E-state index < -0.39 is 9.92 Å². The maximum Gasteiger partial charge on any atom is 0.269 e. The van der Waals surface area contributed by atoms with Crippen LogP contribution in [0.3, 0.4) is 0 Å². The molecule has 0 fully saturated rings. The molecule has 1 aliphatic rings. The normalized spacial score (nSPS) is 19.0. The van der Waals surface area contributed by atoms with Gasteiger partial charge in [-0.25, -0.2) is 0 Å². The minimum atomic E-state index is -0.817. The predicted molar refractivity (Wildman–Crippen MR) is 107 cm³/mol. The molecule has 27 heavy (non-hydrogen) atoms. The van der Waals surface area contributed by atoms with Crippen molar-refractivity contribution in [3.8, 4) is 0 Å². The highest BCUT2D eigenvalue weighted by Gasteiger charge is 2.44. The van der Waals surface area contributed by atoms with Crippen LogP contribution in [0.1, 0.15) is 22.3 Å². The third-order valence-electron chi connectivity index (χ3n) is 4.92. The third-order valence-corrected chi connectivity index (χ3v) is 5.83. The lowest BCUT2D eigenvalue weighted by Crippen LogP contribution is -2.36. The van der Waals surface area contributed by atoms with Gasteiger partial charge in [0.25, 0.3) is 5.69 Å². The van der Waals surface area contributed by atoms with Crippen LogP contribution in [-0.2, 0) is 18.1 Å². The summed E-state index contributed by atoms with van der Waals surface area (Å²) in [4.78, 5) is 11.8. The van der Waals surface area contributed by atoms with E-state index in [1.54, 1.807) is 12.1 Å². The summed E-state index contributed by atoms with van der Waals surface area (Å²) in [6.45, 7) is 1.26. The molecule has 1 heterocycles. The van der Waals surface area contributed by atoms with Gasteiger partial charge >= 0.3 is 0 Å². The van der Waals surface area contributed by atoms with Gasteiger partial charge in [-0.1, -0.05) is 71.7 Å². The van der Waals surface area contributed by atoms with Crippen LogP contribution in [0.5, 0.6) is 0 Å². The van der Waals surface area contributed by atoms with Crippen molar-refractivity contribution in [1.82, 2.24) is 4.90 Å². The molecule has 136 valence electrons. The maximum absolute atomic E-state index is 10.9. The second kappa shape index (κ2) is 6.97. The zero-order valence-electron chi connectivity index (χ0n) is 14.3. The first-order chi connectivity index (χ1) is 13.0. The molecule has 0 spiro atoms. The first-order valence-corrected chi connectivity index (χ1v) is 9.26. The van der Waals surface area contributed by atoms with Crippen LogP contribution in [0.4, 0.5) is 5.69 Å². The van der Waals surface area contributed by atoms with Crippen molar-refractivity contribution in [1.29, 1.82) is 0 Å². The van der Waals surface area contributed by atoms with Gasteiger partial charge in [0, 0.05) is 30.2 Å². The minimum absolute atomic E-state index is 0.0818. The number of hydrogen-bond donors (Lipinski definition) is 0. The van der Waals surface area contributed by atoms with E-state index in [9.17, 15) is 10.1 Å². The Balaban J connectivity index is 1.73. The van der Waals surface area contributed by atoms with Crippen molar-refractivity contribution in [2.45, 2.75) is 18.1 Å². The van der Waals surface area contributed by atoms with E-state index >= 15 is 0 Å². The average molecular weight is 399 g/mol. The van der Waals surface area contributed by atoms with E-state index in [2.05, 4.69) is 11.0 Å². The Morgan fingerprint density at radius 2 is 1.67 bits per heavy atom. The quantitative estimate of drug-likeness (QED) is 0.245. The standard InChI is InChI=1S/C21H16Cl2N2O2/c22-18-9-7-17(8-10-18)21(23)20-4-2-1-3-16(20)14-24(21)13-15-5-11-19(12-6-15)25(26)27/h1-12H,13-14H2. The number of nitrogens with zero attached hydrogens (tertiary/aromatic N) is 2. The fourth-order valence-electron chi connectivity index (χ4n) is 3.58. The molecule has 0 aliphatic carbocycles.